The Bertz CT molecular complexity index is 645. The van der Waals surface area contributed by atoms with Gasteiger partial charge < -0.3 is 25.8 Å². The van der Waals surface area contributed by atoms with Crippen molar-refractivity contribution in [2.24, 2.45) is 0 Å². The maximum Gasteiger partial charge on any atom is 0.173 e. The summed E-state index contributed by atoms with van der Waals surface area (Å²) in [5.74, 6) is 0.319. The second kappa shape index (κ2) is 4.38. The summed E-state index contributed by atoms with van der Waals surface area (Å²) < 4.78 is 7.24. The molecule has 0 radical (unpaired) electrons. The van der Waals surface area contributed by atoms with E-state index in [4.69, 9.17) is 15.6 Å². The number of hydrogen-bond acceptors (Lipinski definition) is 6. The van der Waals surface area contributed by atoms with Gasteiger partial charge in [0, 0.05) is 0 Å². The lowest BCUT2D eigenvalue weighted by Crippen LogP contribution is -2.39. The van der Waals surface area contributed by atoms with Crippen LogP contribution >= 0.6 is 0 Å². The zero-order valence-corrected chi connectivity index (χ0v) is 10.9. The molecule has 1 fully saturated rings. The van der Waals surface area contributed by atoms with Crippen LogP contribution in [0.5, 0.6) is 0 Å². The van der Waals surface area contributed by atoms with Crippen molar-refractivity contribution >= 4 is 11.3 Å². The number of aliphatic hydroxyl groups excluding tert-OH is 2. The normalized spacial score (nSPS) is 33.9. The Morgan fingerprint density at radius 1 is 1.50 bits per heavy atom. The van der Waals surface area contributed by atoms with Crippen LogP contribution in [0.3, 0.4) is 0 Å². The third-order valence-corrected chi connectivity index (χ3v) is 3.86. The second-order valence-electron chi connectivity index (χ2n) is 5.06. The van der Waals surface area contributed by atoms with Crippen LogP contribution in [-0.4, -0.2) is 54.8 Å². The van der Waals surface area contributed by atoms with E-state index in [-0.39, 0.29) is 6.61 Å². The molecule has 1 saturated heterocycles. The highest BCUT2D eigenvalue weighted by Crippen LogP contribution is 2.40. The van der Waals surface area contributed by atoms with E-state index in [1.165, 1.54) is 10.8 Å². The van der Waals surface area contributed by atoms with Crippen LogP contribution in [0.2, 0.25) is 0 Å². The molecule has 0 spiro atoms. The van der Waals surface area contributed by atoms with E-state index in [1.807, 2.05) is 0 Å². The fourth-order valence-electron chi connectivity index (χ4n) is 2.69. The number of aliphatic hydroxyl groups is 2. The number of aromatic nitrogens is 3. The van der Waals surface area contributed by atoms with E-state index in [9.17, 15) is 10.2 Å². The molecule has 0 amide bonds. The highest BCUT2D eigenvalue weighted by Gasteiger charge is 2.54. The maximum atomic E-state index is 10.3. The lowest BCUT2D eigenvalue weighted by Gasteiger charge is -2.27. The number of fused-ring (bicyclic) bond motifs is 1. The molecule has 0 aromatic carbocycles. The van der Waals surface area contributed by atoms with E-state index >= 15 is 0 Å². The van der Waals surface area contributed by atoms with Crippen molar-refractivity contribution in [3.8, 4) is 0 Å². The van der Waals surface area contributed by atoms with Gasteiger partial charge in [-0.15, -0.1) is 0 Å². The third kappa shape index (κ3) is 1.63. The van der Waals surface area contributed by atoms with Gasteiger partial charge in [0.1, 0.15) is 29.7 Å². The van der Waals surface area contributed by atoms with Gasteiger partial charge in [0.05, 0.1) is 5.69 Å². The Balaban J connectivity index is 2.13. The number of rotatable bonds is 2. The largest absolute Gasteiger partial charge is 0.443 e. The second-order valence-corrected chi connectivity index (χ2v) is 5.06. The van der Waals surface area contributed by atoms with Crippen LogP contribution in [0.4, 0.5) is 5.82 Å². The van der Waals surface area contributed by atoms with Gasteiger partial charge in [-0.25, -0.2) is 9.50 Å². The summed E-state index contributed by atoms with van der Waals surface area (Å²) in [6.45, 7) is 1.53. The monoisotopic (exact) mass is 281 g/mol. The van der Waals surface area contributed by atoms with Gasteiger partial charge in [-0.1, -0.05) is 0 Å². The van der Waals surface area contributed by atoms with Gasteiger partial charge in [-0.2, -0.15) is 5.10 Å². The Morgan fingerprint density at radius 2 is 2.25 bits per heavy atom. The molecule has 20 heavy (non-hydrogen) atoms. The molecule has 1 aliphatic heterocycles. The van der Waals surface area contributed by atoms with Gasteiger partial charge in [0.15, 0.2) is 18.5 Å². The lowest BCUT2D eigenvalue weighted by atomic mass is 9.93. The molecule has 0 bridgehead atoms. The summed E-state index contributed by atoms with van der Waals surface area (Å²) in [6.07, 6.45) is -1.68. The number of hydrogen-bond donors (Lipinski definition) is 3. The highest BCUT2D eigenvalue weighted by atomic mass is 16.6. The summed E-state index contributed by atoms with van der Waals surface area (Å²) in [5.41, 5.74) is 5.78. The Morgan fingerprint density at radius 3 is 2.90 bits per heavy atom. The molecule has 108 valence electrons. The Kier molecular flexibility index (Phi) is 2.91. The average Bonchev–Trinajstić information content (AvgIpc) is 2.96. The van der Waals surface area contributed by atoms with Gasteiger partial charge in [0.2, 0.25) is 0 Å². The predicted octanol–water partition coefficient (Wildman–Crippen LogP) is -1.63. The van der Waals surface area contributed by atoms with Crippen LogP contribution in [0.1, 0.15) is 12.6 Å². The maximum absolute atomic E-state index is 10.3. The lowest BCUT2D eigenvalue weighted by molar-refractivity contribution is -0.0890. The number of nitrogen functional groups attached to an aromatic ring is 1. The van der Waals surface area contributed by atoms with Crippen molar-refractivity contribution in [2.45, 2.75) is 30.8 Å². The molecule has 3 rings (SSSR count). The van der Waals surface area contributed by atoms with Gasteiger partial charge in [-0.3, -0.25) is 0 Å². The Labute approximate surface area is 114 Å². The van der Waals surface area contributed by atoms with Gasteiger partial charge >= 0.3 is 0 Å². The highest BCUT2D eigenvalue weighted by molar-refractivity contribution is 5.65. The van der Waals surface area contributed by atoms with Crippen molar-refractivity contribution in [3.05, 3.63) is 24.2 Å². The zero-order valence-electron chi connectivity index (χ0n) is 10.9. The van der Waals surface area contributed by atoms with E-state index in [0.717, 1.165) is 0 Å². The molecule has 1 aliphatic rings. The minimum Gasteiger partial charge on any atom is -0.443 e. The van der Waals surface area contributed by atoms with Crippen molar-refractivity contribution in [2.75, 3.05) is 12.3 Å². The first-order valence-corrected chi connectivity index (χ1v) is 6.26. The van der Waals surface area contributed by atoms with Crippen LogP contribution in [-0.2, 0) is 10.3 Å². The minimum absolute atomic E-state index is 0.131. The summed E-state index contributed by atoms with van der Waals surface area (Å²) in [7, 11) is 0. The first-order valence-electron chi connectivity index (χ1n) is 6.26. The van der Waals surface area contributed by atoms with E-state index in [2.05, 4.69) is 10.1 Å². The molecule has 6 N–H and O–H groups in total. The van der Waals surface area contributed by atoms with Crippen molar-refractivity contribution < 1.29 is 20.1 Å². The minimum atomic E-state index is -1.15. The first-order chi connectivity index (χ1) is 9.49. The molecule has 8 nitrogen and oxygen atoms in total. The first kappa shape index (κ1) is 13.3. The molecular formula is C12H17N4O4+. The number of nitrogens with zero attached hydrogens (tertiary/aromatic N) is 3. The Hall–Kier alpha value is -1.74. The van der Waals surface area contributed by atoms with Crippen LogP contribution in [0.25, 0.3) is 5.52 Å². The predicted molar refractivity (Wildman–Crippen MR) is 70.1 cm³/mol. The fraction of sp³-hybridized carbons (Fsp3) is 0.500. The SMILES string of the molecule is C[C@@]1(c2ccc3c(N)ncnn23)O[C@H](C[OH2+])[C@@H](O)[C@H]1O. The van der Waals surface area contributed by atoms with E-state index in [0.29, 0.717) is 17.0 Å². The molecule has 4 atom stereocenters. The number of nitrogens with two attached hydrogens (primary N) is 1. The molecule has 8 heteroatoms. The topological polar surface area (TPSA) is 129 Å². The number of ether oxygens (including phenoxy) is 1. The molecule has 2 aromatic heterocycles. The quantitative estimate of drug-likeness (QED) is 0.567. The van der Waals surface area contributed by atoms with E-state index < -0.39 is 23.9 Å². The fourth-order valence-corrected chi connectivity index (χ4v) is 2.69. The molecule has 2 aromatic rings. The molecule has 3 heterocycles. The third-order valence-electron chi connectivity index (χ3n) is 3.86. The van der Waals surface area contributed by atoms with E-state index in [1.54, 1.807) is 19.1 Å². The van der Waals surface area contributed by atoms with Gasteiger partial charge in [-0.05, 0) is 19.1 Å². The molecule has 0 aliphatic carbocycles. The van der Waals surface area contributed by atoms with Crippen molar-refractivity contribution in [1.82, 2.24) is 14.6 Å². The van der Waals surface area contributed by atoms with Crippen molar-refractivity contribution in [1.29, 1.82) is 0 Å². The van der Waals surface area contributed by atoms with Crippen molar-refractivity contribution in [3.63, 3.8) is 0 Å². The van der Waals surface area contributed by atoms with Crippen LogP contribution in [0.15, 0.2) is 18.5 Å². The van der Waals surface area contributed by atoms with Crippen LogP contribution in [0, 0.1) is 0 Å². The summed E-state index contributed by atoms with van der Waals surface area (Å²) in [5, 5.41) is 31.7. The van der Waals surface area contributed by atoms with Gasteiger partial charge in [0.25, 0.3) is 0 Å². The number of anilines is 1. The standard InChI is InChI=1S/C12H16N4O4/c1-12(10(19)9(18)7(4-17)20-12)8-3-2-6-11(13)14-5-15-16(6)8/h2-3,5,7,9-10,17-19H,4H2,1H3,(H2,13,14,15)/p+1/t7-,9-,10-,12+/m1/s1. The smallest absolute Gasteiger partial charge is 0.173 e. The molecule has 0 saturated carbocycles. The molecular weight excluding hydrogens is 264 g/mol. The molecule has 0 unspecified atom stereocenters. The average molecular weight is 281 g/mol. The summed E-state index contributed by atoms with van der Waals surface area (Å²) in [6, 6.07) is 3.45. The van der Waals surface area contributed by atoms with Crippen LogP contribution < -0.4 is 5.73 Å². The summed E-state index contributed by atoms with van der Waals surface area (Å²) in [4.78, 5) is 3.90. The summed E-state index contributed by atoms with van der Waals surface area (Å²) >= 11 is 0. The zero-order chi connectivity index (χ0) is 14.5.